The Bertz CT molecular complexity index is 558. The molecule has 0 aliphatic rings. The first kappa shape index (κ1) is 13.3. The number of benzene rings is 2. The quantitative estimate of drug-likeness (QED) is 0.661. The maximum absolute atomic E-state index is 13.3. The van der Waals surface area contributed by atoms with Crippen LogP contribution in [-0.2, 0) is 6.42 Å². The molecule has 0 atom stereocenters. The minimum Gasteiger partial charge on any atom is -0.490 e. The summed E-state index contributed by atoms with van der Waals surface area (Å²) in [5, 5.41) is 0. The maximum Gasteiger partial charge on any atom is 0.200 e. The first-order valence-corrected chi connectivity index (χ1v) is 6.08. The van der Waals surface area contributed by atoms with Crippen LogP contribution in [0.1, 0.15) is 12.0 Å². The molecule has 0 saturated heterocycles. The molecule has 2 aromatic rings. The van der Waals surface area contributed by atoms with Crippen LogP contribution < -0.4 is 10.5 Å². The third kappa shape index (κ3) is 3.68. The van der Waals surface area contributed by atoms with Gasteiger partial charge in [-0.1, -0.05) is 18.2 Å². The number of hydrogen-bond acceptors (Lipinski definition) is 2. The summed E-state index contributed by atoms with van der Waals surface area (Å²) in [5.41, 5.74) is 7.49. The summed E-state index contributed by atoms with van der Waals surface area (Å²) < 4.78 is 31.4. The number of halogens is 2. The van der Waals surface area contributed by atoms with Crippen molar-refractivity contribution in [3.63, 3.8) is 0 Å². The van der Waals surface area contributed by atoms with Gasteiger partial charge in [-0.25, -0.2) is 4.39 Å². The fraction of sp³-hybridized carbons (Fsp3) is 0.200. The van der Waals surface area contributed by atoms with Gasteiger partial charge in [0.15, 0.2) is 11.6 Å². The summed E-state index contributed by atoms with van der Waals surface area (Å²) in [6.45, 7) is 0.329. The zero-order chi connectivity index (χ0) is 13.7. The van der Waals surface area contributed by atoms with Gasteiger partial charge in [0.2, 0.25) is 5.82 Å². The summed E-state index contributed by atoms with van der Waals surface area (Å²) >= 11 is 0. The monoisotopic (exact) mass is 263 g/mol. The van der Waals surface area contributed by atoms with Crippen molar-refractivity contribution in [2.75, 3.05) is 12.3 Å². The molecule has 2 nitrogen and oxygen atoms in total. The summed E-state index contributed by atoms with van der Waals surface area (Å²) in [4.78, 5) is 0. The van der Waals surface area contributed by atoms with Crippen molar-refractivity contribution >= 4 is 5.69 Å². The van der Waals surface area contributed by atoms with E-state index in [4.69, 9.17) is 10.5 Å². The summed E-state index contributed by atoms with van der Waals surface area (Å²) in [5.74, 6) is -1.88. The normalized spacial score (nSPS) is 10.4. The number of anilines is 1. The topological polar surface area (TPSA) is 35.2 Å². The highest BCUT2D eigenvalue weighted by atomic mass is 19.2. The van der Waals surface area contributed by atoms with Crippen molar-refractivity contribution in [3.8, 4) is 5.75 Å². The number of nitrogens with two attached hydrogens (primary N) is 1. The fourth-order valence-electron chi connectivity index (χ4n) is 1.80. The second-order valence-electron chi connectivity index (χ2n) is 4.25. The first-order chi connectivity index (χ1) is 9.16. The Morgan fingerprint density at radius 1 is 1.05 bits per heavy atom. The molecule has 0 heterocycles. The zero-order valence-electron chi connectivity index (χ0n) is 10.4. The molecule has 19 heavy (non-hydrogen) atoms. The molecule has 0 amide bonds. The van der Waals surface area contributed by atoms with Crippen LogP contribution in [0.2, 0.25) is 0 Å². The highest BCUT2D eigenvalue weighted by molar-refractivity contribution is 5.40. The van der Waals surface area contributed by atoms with Gasteiger partial charge in [0.25, 0.3) is 0 Å². The largest absolute Gasteiger partial charge is 0.490 e. The molecule has 0 saturated carbocycles. The van der Waals surface area contributed by atoms with Crippen molar-refractivity contribution in [1.29, 1.82) is 0 Å². The van der Waals surface area contributed by atoms with Gasteiger partial charge in [0, 0.05) is 5.69 Å². The van der Waals surface area contributed by atoms with Crippen LogP contribution >= 0.6 is 0 Å². The highest BCUT2D eigenvalue weighted by Gasteiger charge is 2.08. The van der Waals surface area contributed by atoms with Crippen molar-refractivity contribution in [2.45, 2.75) is 12.8 Å². The van der Waals surface area contributed by atoms with Crippen LogP contribution in [-0.4, -0.2) is 6.61 Å². The molecule has 0 bridgehead atoms. The van der Waals surface area contributed by atoms with Gasteiger partial charge in [-0.05, 0) is 42.7 Å². The maximum atomic E-state index is 13.3. The van der Waals surface area contributed by atoms with Crippen LogP contribution in [0.15, 0.2) is 42.5 Å². The summed E-state index contributed by atoms with van der Waals surface area (Å²) in [6, 6.07) is 11.5. The van der Waals surface area contributed by atoms with Crippen LogP contribution in [0, 0.1) is 11.6 Å². The molecule has 2 N–H and O–H groups in total. The zero-order valence-corrected chi connectivity index (χ0v) is 10.4. The van der Waals surface area contributed by atoms with E-state index in [1.807, 2.05) is 24.3 Å². The average Bonchev–Trinajstić information content (AvgIpc) is 2.39. The molecule has 100 valence electrons. The van der Waals surface area contributed by atoms with Gasteiger partial charge in [-0.2, -0.15) is 4.39 Å². The van der Waals surface area contributed by atoms with E-state index in [-0.39, 0.29) is 5.75 Å². The van der Waals surface area contributed by atoms with Crippen LogP contribution in [0.4, 0.5) is 14.5 Å². The molecule has 0 aliphatic carbocycles. The van der Waals surface area contributed by atoms with Gasteiger partial charge >= 0.3 is 0 Å². The van der Waals surface area contributed by atoms with Gasteiger partial charge in [0.05, 0.1) is 6.61 Å². The second kappa shape index (κ2) is 6.18. The third-order valence-corrected chi connectivity index (χ3v) is 2.73. The van der Waals surface area contributed by atoms with Crippen molar-refractivity contribution in [1.82, 2.24) is 0 Å². The lowest BCUT2D eigenvalue weighted by atomic mass is 10.1. The molecule has 0 radical (unpaired) electrons. The highest BCUT2D eigenvalue weighted by Crippen LogP contribution is 2.19. The molecule has 0 unspecified atom stereocenters. The van der Waals surface area contributed by atoms with Crippen molar-refractivity contribution in [3.05, 3.63) is 59.7 Å². The summed E-state index contributed by atoms with van der Waals surface area (Å²) in [7, 11) is 0. The van der Waals surface area contributed by atoms with E-state index in [2.05, 4.69) is 0 Å². The van der Waals surface area contributed by atoms with Gasteiger partial charge in [0.1, 0.15) is 0 Å². The molecule has 4 heteroatoms. The number of rotatable bonds is 5. The SMILES string of the molecule is Nc1cccc(CCCOc2cccc(F)c2F)c1. The van der Waals surface area contributed by atoms with Crippen LogP contribution in [0.3, 0.4) is 0 Å². The molecule has 2 aromatic carbocycles. The van der Waals surface area contributed by atoms with E-state index < -0.39 is 11.6 Å². The molecule has 0 aliphatic heterocycles. The lowest BCUT2D eigenvalue weighted by Gasteiger charge is -2.07. The number of aryl methyl sites for hydroxylation is 1. The number of nitrogen functional groups attached to an aromatic ring is 1. The molecule has 2 rings (SSSR count). The van der Waals surface area contributed by atoms with Crippen molar-refractivity contribution < 1.29 is 13.5 Å². The number of hydrogen-bond donors (Lipinski definition) is 1. The van der Waals surface area contributed by atoms with Crippen LogP contribution in [0.25, 0.3) is 0 Å². The Morgan fingerprint density at radius 3 is 2.63 bits per heavy atom. The van der Waals surface area contributed by atoms with E-state index in [0.29, 0.717) is 13.0 Å². The van der Waals surface area contributed by atoms with Crippen LogP contribution in [0.5, 0.6) is 5.75 Å². The fourth-order valence-corrected chi connectivity index (χ4v) is 1.80. The Morgan fingerprint density at radius 2 is 1.84 bits per heavy atom. The van der Waals surface area contributed by atoms with Crippen molar-refractivity contribution in [2.24, 2.45) is 0 Å². The minimum atomic E-state index is -0.938. The molecular weight excluding hydrogens is 248 g/mol. The standard InChI is InChI=1S/C15H15F2NO/c16-13-7-2-8-14(15(13)17)19-9-3-5-11-4-1-6-12(18)10-11/h1-2,4,6-8,10H,3,5,9,18H2. The number of ether oxygens (including phenoxy) is 1. The van der Waals surface area contributed by atoms with E-state index in [1.165, 1.54) is 12.1 Å². The Hall–Kier alpha value is -2.10. The Balaban J connectivity index is 1.82. The summed E-state index contributed by atoms with van der Waals surface area (Å²) in [6.07, 6.45) is 1.49. The third-order valence-electron chi connectivity index (χ3n) is 2.73. The molecular formula is C15H15F2NO. The van der Waals surface area contributed by atoms with E-state index in [0.717, 1.165) is 23.7 Å². The molecule has 0 fully saturated rings. The van der Waals surface area contributed by atoms with Gasteiger partial charge < -0.3 is 10.5 Å². The molecule has 0 spiro atoms. The second-order valence-corrected chi connectivity index (χ2v) is 4.25. The van der Waals surface area contributed by atoms with E-state index >= 15 is 0 Å². The van der Waals surface area contributed by atoms with Gasteiger partial charge in [-0.15, -0.1) is 0 Å². The smallest absolute Gasteiger partial charge is 0.200 e. The van der Waals surface area contributed by atoms with Gasteiger partial charge in [-0.3, -0.25) is 0 Å². The predicted molar refractivity (Wildman–Crippen MR) is 71.0 cm³/mol. The Labute approximate surface area is 110 Å². The van der Waals surface area contributed by atoms with E-state index in [9.17, 15) is 8.78 Å². The lowest BCUT2D eigenvalue weighted by molar-refractivity contribution is 0.290. The predicted octanol–water partition coefficient (Wildman–Crippen LogP) is 3.56. The minimum absolute atomic E-state index is 0.0485. The Kier molecular flexibility index (Phi) is 4.34. The first-order valence-electron chi connectivity index (χ1n) is 6.08. The lowest BCUT2D eigenvalue weighted by Crippen LogP contribution is -2.02. The average molecular weight is 263 g/mol. The van der Waals surface area contributed by atoms with E-state index in [1.54, 1.807) is 0 Å². The molecule has 0 aromatic heterocycles.